The van der Waals surface area contributed by atoms with Gasteiger partial charge in [0.1, 0.15) is 11.2 Å². The fraction of sp³-hybridized carbons (Fsp3) is 0.379. The number of allylic oxidation sites excluding steroid dienone is 4. The van der Waals surface area contributed by atoms with Crippen molar-refractivity contribution in [3.63, 3.8) is 0 Å². The van der Waals surface area contributed by atoms with Gasteiger partial charge in [-0.05, 0) is 70.6 Å². The number of carbonyl (C=O) groups is 1. The number of pyridine rings is 1. The predicted octanol–water partition coefficient (Wildman–Crippen LogP) is 7.47. The van der Waals surface area contributed by atoms with Crippen molar-refractivity contribution in [2.24, 2.45) is 0 Å². The molecule has 1 amide bonds. The highest BCUT2D eigenvalue weighted by Crippen LogP contribution is 2.43. The molecule has 2 aliphatic rings. The van der Waals surface area contributed by atoms with Gasteiger partial charge in [-0.2, -0.15) is 0 Å². The van der Waals surface area contributed by atoms with Gasteiger partial charge in [-0.15, -0.1) is 0 Å². The molecule has 0 spiro atoms. The number of hydrogen-bond donors (Lipinski definition) is 1. The van der Waals surface area contributed by atoms with Crippen LogP contribution >= 0.6 is 11.6 Å². The van der Waals surface area contributed by atoms with Crippen molar-refractivity contribution in [3.8, 4) is 11.3 Å². The Bertz CT molecular complexity index is 1320. The van der Waals surface area contributed by atoms with Crippen LogP contribution < -0.4 is 5.32 Å². The maximum Gasteiger partial charge on any atom is 0.408 e. The van der Waals surface area contributed by atoms with E-state index in [2.05, 4.69) is 58.3 Å². The molecule has 1 N–H and O–H groups in total. The Morgan fingerprint density at radius 3 is 2.54 bits per heavy atom. The zero-order chi connectivity index (χ0) is 24.8. The molecule has 3 aromatic rings. The monoisotopic (exact) mass is 489 g/mol. The summed E-state index contributed by atoms with van der Waals surface area (Å²) in [5, 5.41) is 3.85. The molecule has 2 aromatic heterocycles. The highest BCUT2D eigenvalue weighted by Gasteiger charge is 2.41. The molecule has 35 heavy (non-hydrogen) atoms. The second kappa shape index (κ2) is 8.87. The minimum atomic E-state index is -0.526. The second-order valence-corrected chi connectivity index (χ2v) is 11.1. The van der Waals surface area contributed by atoms with Gasteiger partial charge < -0.3 is 14.5 Å². The smallest absolute Gasteiger partial charge is 0.408 e. The molecule has 0 radical (unpaired) electrons. The SMILES string of the molecule is Cc1cc(Cl)cn2c(C3C=CC=CC3)c(-c3ccc(C4(NC(=O)OC(C)(C)C)CCC4)cc3)nc12. The lowest BCUT2D eigenvalue weighted by atomic mass is 9.71. The largest absolute Gasteiger partial charge is 0.444 e. The van der Waals surface area contributed by atoms with Gasteiger partial charge in [0.15, 0.2) is 0 Å². The number of amides is 1. The number of benzene rings is 1. The third-order valence-electron chi connectivity index (χ3n) is 6.90. The number of alkyl carbamates (subject to hydrolysis) is 1. The van der Waals surface area contributed by atoms with E-state index < -0.39 is 5.60 Å². The van der Waals surface area contributed by atoms with Crippen LogP contribution in [0.3, 0.4) is 0 Å². The molecule has 0 aliphatic heterocycles. The van der Waals surface area contributed by atoms with Crippen molar-refractivity contribution in [2.75, 3.05) is 0 Å². The number of carbonyl (C=O) groups excluding carboxylic acids is 1. The molecule has 0 bridgehead atoms. The molecule has 1 saturated carbocycles. The highest BCUT2D eigenvalue weighted by atomic mass is 35.5. The molecular weight excluding hydrogens is 458 g/mol. The van der Waals surface area contributed by atoms with Crippen molar-refractivity contribution >= 4 is 23.3 Å². The number of hydrogen-bond acceptors (Lipinski definition) is 3. The molecule has 1 aromatic carbocycles. The minimum Gasteiger partial charge on any atom is -0.444 e. The second-order valence-electron chi connectivity index (χ2n) is 10.7. The maximum absolute atomic E-state index is 12.5. The van der Waals surface area contributed by atoms with E-state index in [1.807, 2.05) is 40.0 Å². The molecule has 6 heteroatoms. The molecule has 1 fully saturated rings. The lowest BCUT2D eigenvalue weighted by Crippen LogP contribution is -2.52. The Morgan fingerprint density at radius 1 is 1.20 bits per heavy atom. The molecule has 5 nitrogen and oxygen atoms in total. The van der Waals surface area contributed by atoms with Crippen molar-refractivity contribution in [1.29, 1.82) is 0 Å². The zero-order valence-electron chi connectivity index (χ0n) is 20.8. The predicted molar refractivity (Wildman–Crippen MR) is 141 cm³/mol. The van der Waals surface area contributed by atoms with Gasteiger partial charge in [-0.1, -0.05) is 60.2 Å². The minimum absolute atomic E-state index is 0.217. The average molecular weight is 490 g/mol. The summed E-state index contributed by atoms with van der Waals surface area (Å²) in [5.74, 6) is 0.217. The van der Waals surface area contributed by atoms with Crippen molar-refractivity contribution in [3.05, 3.63) is 82.7 Å². The number of rotatable bonds is 4. The van der Waals surface area contributed by atoms with E-state index in [0.29, 0.717) is 5.02 Å². The van der Waals surface area contributed by atoms with Crippen LogP contribution in [0.4, 0.5) is 4.79 Å². The average Bonchev–Trinajstić information content (AvgIpc) is 3.15. The molecule has 5 rings (SSSR count). The first-order valence-electron chi connectivity index (χ1n) is 12.3. The number of ether oxygens (including phenoxy) is 1. The van der Waals surface area contributed by atoms with Gasteiger partial charge in [0, 0.05) is 17.7 Å². The van der Waals surface area contributed by atoms with Gasteiger partial charge in [-0.25, -0.2) is 9.78 Å². The summed E-state index contributed by atoms with van der Waals surface area (Å²) >= 11 is 6.44. The van der Waals surface area contributed by atoms with Crippen LogP contribution in [0, 0.1) is 6.92 Å². The van der Waals surface area contributed by atoms with Crippen molar-refractivity contribution < 1.29 is 9.53 Å². The first kappa shape index (κ1) is 23.7. The summed E-state index contributed by atoms with van der Waals surface area (Å²) in [6, 6.07) is 10.4. The summed E-state index contributed by atoms with van der Waals surface area (Å²) in [6.07, 6.45) is 14.0. The van der Waals surface area contributed by atoms with E-state index in [1.54, 1.807) is 0 Å². The van der Waals surface area contributed by atoms with Gasteiger partial charge in [-0.3, -0.25) is 0 Å². The quantitative estimate of drug-likeness (QED) is 0.413. The number of aromatic nitrogens is 2. The Balaban J connectivity index is 1.52. The molecule has 1 unspecified atom stereocenters. The van der Waals surface area contributed by atoms with Gasteiger partial charge in [0.05, 0.1) is 21.9 Å². The standard InChI is InChI=1S/C29H32ClN3O2/c1-19-17-23(30)18-33-25(21-9-6-5-7-10-21)24(31-26(19)33)20-11-13-22(14-12-20)29(15-8-16-29)32-27(34)35-28(2,3)4/h5-7,9,11-14,17-18,21H,8,10,15-16H2,1-4H3,(H,32,34). The van der Waals surface area contributed by atoms with Crippen LogP contribution in [-0.4, -0.2) is 21.1 Å². The van der Waals surface area contributed by atoms with Gasteiger partial charge >= 0.3 is 6.09 Å². The number of halogens is 1. The summed E-state index contributed by atoms with van der Waals surface area (Å²) in [6.45, 7) is 7.69. The molecule has 2 heterocycles. The van der Waals surface area contributed by atoms with Crippen LogP contribution in [0.5, 0.6) is 0 Å². The van der Waals surface area contributed by atoms with Crippen LogP contribution in [0.2, 0.25) is 5.02 Å². The maximum atomic E-state index is 12.5. The molecular formula is C29H32ClN3O2. The van der Waals surface area contributed by atoms with Crippen molar-refractivity contribution in [2.45, 2.75) is 70.4 Å². The fourth-order valence-electron chi connectivity index (χ4n) is 5.10. The third kappa shape index (κ3) is 4.62. The number of fused-ring (bicyclic) bond motifs is 1. The molecule has 2 aliphatic carbocycles. The van der Waals surface area contributed by atoms with Crippen LogP contribution in [0.1, 0.15) is 69.2 Å². The Labute approximate surface area is 211 Å². The van der Waals surface area contributed by atoms with Crippen LogP contribution in [0.15, 0.2) is 60.8 Å². The summed E-state index contributed by atoms with van der Waals surface area (Å²) in [5.41, 5.74) is 5.34. The number of nitrogens with one attached hydrogen (secondary N) is 1. The Hall–Kier alpha value is -3.05. The van der Waals surface area contributed by atoms with Crippen LogP contribution in [0.25, 0.3) is 16.9 Å². The van der Waals surface area contributed by atoms with E-state index in [4.69, 9.17) is 21.3 Å². The first-order valence-corrected chi connectivity index (χ1v) is 12.7. The topological polar surface area (TPSA) is 55.6 Å². The Morgan fingerprint density at radius 2 is 1.94 bits per heavy atom. The third-order valence-corrected chi connectivity index (χ3v) is 7.10. The summed E-state index contributed by atoms with van der Waals surface area (Å²) in [4.78, 5) is 17.6. The molecule has 0 saturated heterocycles. The first-order chi connectivity index (χ1) is 16.7. The lowest BCUT2D eigenvalue weighted by Gasteiger charge is -2.43. The Kier molecular flexibility index (Phi) is 6.00. The van der Waals surface area contributed by atoms with E-state index in [1.165, 1.54) is 0 Å². The molecule has 1 atom stereocenters. The number of nitrogens with zero attached hydrogens (tertiary/aromatic N) is 2. The van der Waals surface area contributed by atoms with Gasteiger partial charge in [0.2, 0.25) is 0 Å². The van der Waals surface area contributed by atoms with E-state index in [9.17, 15) is 4.79 Å². The lowest BCUT2D eigenvalue weighted by molar-refractivity contribution is 0.0377. The van der Waals surface area contributed by atoms with E-state index >= 15 is 0 Å². The highest BCUT2D eigenvalue weighted by molar-refractivity contribution is 6.30. The van der Waals surface area contributed by atoms with Crippen LogP contribution in [-0.2, 0) is 10.3 Å². The fourth-order valence-corrected chi connectivity index (χ4v) is 5.36. The normalized spacial score (nSPS) is 18.9. The van der Waals surface area contributed by atoms with Gasteiger partial charge in [0.25, 0.3) is 0 Å². The number of imidazole rings is 1. The summed E-state index contributed by atoms with van der Waals surface area (Å²) < 4.78 is 7.68. The van der Waals surface area contributed by atoms with E-state index in [0.717, 1.165) is 59.4 Å². The molecule has 182 valence electrons. The number of aryl methyl sites for hydroxylation is 1. The van der Waals surface area contributed by atoms with Crippen molar-refractivity contribution in [1.82, 2.24) is 14.7 Å². The summed E-state index contributed by atoms with van der Waals surface area (Å²) in [7, 11) is 0. The van der Waals surface area contributed by atoms with E-state index in [-0.39, 0.29) is 17.6 Å². The zero-order valence-corrected chi connectivity index (χ0v) is 21.5.